The largest absolute Gasteiger partial charge is 0.497 e. The maximum Gasteiger partial charge on any atom is 0.247 e. The Morgan fingerprint density at radius 3 is 2.13 bits per heavy atom. The summed E-state index contributed by atoms with van der Waals surface area (Å²) in [5.74, 6) is 0.807. The van der Waals surface area contributed by atoms with Crippen molar-refractivity contribution in [1.29, 1.82) is 0 Å². The van der Waals surface area contributed by atoms with Crippen LogP contribution >= 0.6 is 0 Å². The Bertz CT molecular complexity index is 1720. The molecule has 1 aliphatic carbocycles. The molecule has 1 unspecified atom stereocenters. The summed E-state index contributed by atoms with van der Waals surface area (Å²) < 4.78 is 38.6. The van der Waals surface area contributed by atoms with Gasteiger partial charge in [-0.15, -0.1) is 0 Å². The second kappa shape index (κ2) is 15.1. The molecule has 0 aromatic heterocycles. The van der Waals surface area contributed by atoms with Crippen LogP contribution in [0.5, 0.6) is 11.5 Å². The van der Waals surface area contributed by atoms with Gasteiger partial charge in [0.2, 0.25) is 21.8 Å². The van der Waals surface area contributed by atoms with Crippen LogP contribution in [0.3, 0.4) is 0 Å². The lowest BCUT2D eigenvalue weighted by Crippen LogP contribution is -2.43. The molecular formula is C36H39N3O6S. The number of rotatable bonds is 15. The van der Waals surface area contributed by atoms with Crippen molar-refractivity contribution in [2.75, 3.05) is 14.2 Å². The zero-order chi connectivity index (χ0) is 32.5. The third kappa shape index (κ3) is 8.52. The summed E-state index contributed by atoms with van der Waals surface area (Å²) >= 11 is 0. The van der Waals surface area contributed by atoms with E-state index in [4.69, 9.17) is 9.47 Å². The van der Waals surface area contributed by atoms with E-state index >= 15 is 0 Å². The van der Waals surface area contributed by atoms with E-state index in [1.807, 2.05) is 78.9 Å². The minimum atomic E-state index is -3.57. The maximum absolute atomic E-state index is 14.1. The second-order valence-corrected chi connectivity index (χ2v) is 13.0. The van der Waals surface area contributed by atoms with Crippen molar-refractivity contribution >= 4 is 21.8 Å². The van der Waals surface area contributed by atoms with Crippen molar-refractivity contribution in [3.05, 3.63) is 125 Å². The quantitative estimate of drug-likeness (QED) is 0.185. The Kier molecular flexibility index (Phi) is 10.7. The predicted octanol–water partition coefficient (Wildman–Crippen LogP) is 5.16. The van der Waals surface area contributed by atoms with Crippen LogP contribution < -0.4 is 19.5 Å². The number of aryl methyl sites for hydroxylation is 1. The summed E-state index contributed by atoms with van der Waals surface area (Å²) in [6, 6.07) is 29.8. The van der Waals surface area contributed by atoms with Gasteiger partial charge in [-0.2, -0.15) is 0 Å². The van der Waals surface area contributed by atoms with Crippen molar-refractivity contribution in [2.45, 2.75) is 55.8 Å². The zero-order valence-corrected chi connectivity index (χ0v) is 26.8. The van der Waals surface area contributed by atoms with Gasteiger partial charge in [0.25, 0.3) is 0 Å². The minimum absolute atomic E-state index is 0.0171. The molecule has 240 valence electrons. The number of benzene rings is 4. The van der Waals surface area contributed by atoms with Gasteiger partial charge in [-0.1, -0.05) is 72.8 Å². The van der Waals surface area contributed by atoms with Gasteiger partial charge < -0.3 is 19.7 Å². The molecule has 1 atom stereocenters. The highest BCUT2D eigenvalue weighted by molar-refractivity contribution is 7.89. The molecule has 9 nitrogen and oxygen atoms in total. The summed E-state index contributed by atoms with van der Waals surface area (Å²) in [5, 5.41) is 3.03. The third-order valence-electron chi connectivity index (χ3n) is 7.91. The molecule has 0 bridgehead atoms. The van der Waals surface area contributed by atoms with Crippen molar-refractivity contribution in [3.63, 3.8) is 0 Å². The number of ether oxygens (including phenoxy) is 2. The van der Waals surface area contributed by atoms with Crippen LogP contribution in [0.15, 0.2) is 108 Å². The fraction of sp³-hybridized carbons (Fsp3) is 0.278. The highest BCUT2D eigenvalue weighted by atomic mass is 32.2. The summed E-state index contributed by atoms with van der Waals surface area (Å²) in [5.41, 5.74) is 3.15. The first-order valence-electron chi connectivity index (χ1n) is 15.3. The molecule has 0 radical (unpaired) electrons. The molecular weight excluding hydrogens is 602 g/mol. The van der Waals surface area contributed by atoms with Gasteiger partial charge in [0.1, 0.15) is 17.5 Å². The molecule has 10 heteroatoms. The van der Waals surface area contributed by atoms with Crippen molar-refractivity contribution in [2.24, 2.45) is 0 Å². The van der Waals surface area contributed by atoms with Gasteiger partial charge in [0, 0.05) is 31.1 Å². The predicted molar refractivity (Wildman–Crippen MR) is 176 cm³/mol. The molecule has 2 N–H and O–H groups in total. The molecule has 0 aliphatic heterocycles. The molecule has 0 saturated heterocycles. The van der Waals surface area contributed by atoms with Crippen molar-refractivity contribution < 1.29 is 27.5 Å². The van der Waals surface area contributed by atoms with Crippen LogP contribution in [0, 0.1) is 0 Å². The van der Waals surface area contributed by atoms with E-state index in [1.54, 1.807) is 43.4 Å². The van der Waals surface area contributed by atoms with E-state index in [2.05, 4.69) is 10.0 Å². The van der Waals surface area contributed by atoms with Gasteiger partial charge in [0.05, 0.1) is 19.1 Å². The molecule has 0 heterocycles. The van der Waals surface area contributed by atoms with Crippen LogP contribution in [0.4, 0.5) is 0 Å². The van der Waals surface area contributed by atoms with E-state index < -0.39 is 16.1 Å². The molecule has 5 rings (SSSR count). The monoisotopic (exact) mass is 641 g/mol. The average molecular weight is 642 g/mol. The number of amides is 2. The van der Waals surface area contributed by atoms with Gasteiger partial charge >= 0.3 is 0 Å². The molecule has 46 heavy (non-hydrogen) atoms. The van der Waals surface area contributed by atoms with E-state index in [9.17, 15) is 18.0 Å². The normalized spacial score (nSPS) is 13.4. The highest BCUT2D eigenvalue weighted by Crippen LogP contribution is 2.27. The Balaban J connectivity index is 1.39. The Hall–Kier alpha value is -4.67. The molecule has 4 aromatic rings. The van der Waals surface area contributed by atoms with Gasteiger partial charge in [-0.3, -0.25) is 9.59 Å². The van der Waals surface area contributed by atoms with Gasteiger partial charge in [0.15, 0.2) is 0 Å². The molecule has 4 aromatic carbocycles. The number of sulfonamides is 1. The number of hydrogen-bond donors (Lipinski definition) is 2. The molecule has 2 amide bonds. The highest BCUT2D eigenvalue weighted by Gasteiger charge is 2.32. The number of hydrogen-bond acceptors (Lipinski definition) is 6. The summed E-state index contributed by atoms with van der Waals surface area (Å²) in [7, 11) is -0.391. The van der Waals surface area contributed by atoms with Crippen LogP contribution in [0.1, 0.15) is 47.6 Å². The third-order valence-corrected chi connectivity index (χ3v) is 9.45. The fourth-order valence-electron chi connectivity index (χ4n) is 5.21. The number of methoxy groups -OCH3 is 2. The van der Waals surface area contributed by atoms with Gasteiger partial charge in [-0.05, 0) is 66.3 Å². The molecule has 1 saturated carbocycles. The summed E-state index contributed by atoms with van der Waals surface area (Å²) in [6.07, 6.45) is 2.20. The smallest absolute Gasteiger partial charge is 0.247 e. The van der Waals surface area contributed by atoms with Crippen LogP contribution in [0.2, 0.25) is 0 Å². The van der Waals surface area contributed by atoms with E-state index in [0.717, 1.165) is 29.5 Å². The Labute approximate surface area is 270 Å². The standard InChI is InChI=1S/C36H39N3O6S/c1-44-31-19-12-27(13-20-31)25-39(34(40)23-16-26-14-21-32(22-15-26)46(42,43)38-30-17-18-30)35(28-8-4-3-5-9-28)36(41)37-24-29-10-6-7-11-33(29)45-2/h3-15,19-22,30,35,38H,16-18,23-25H2,1-2H3,(H,37,41). The van der Waals surface area contributed by atoms with Crippen LogP contribution in [-0.2, 0) is 39.1 Å². The molecule has 1 fully saturated rings. The SMILES string of the molecule is COc1ccc(CN(C(=O)CCc2ccc(S(=O)(=O)NC3CC3)cc2)C(C(=O)NCc2ccccc2OC)c2ccccc2)cc1. The first kappa shape index (κ1) is 32.7. The number of carbonyl (C=O) groups is 2. The van der Waals surface area contributed by atoms with E-state index in [-0.39, 0.29) is 42.3 Å². The van der Waals surface area contributed by atoms with Crippen LogP contribution in [0.25, 0.3) is 0 Å². The average Bonchev–Trinajstić information content (AvgIpc) is 3.90. The van der Waals surface area contributed by atoms with E-state index in [1.165, 1.54) is 0 Å². The number of nitrogens with one attached hydrogen (secondary N) is 2. The number of carbonyl (C=O) groups excluding carboxylic acids is 2. The Morgan fingerprint density at radius 1 is 0.826 bits per heavy atom. The first-order chi connectivity index (χ1) is 22.3. The van der Waals surface area contributed by atoms with Crippen LogP contribution in [-0.4, -0.2) is 45.4 Å². The minimum Gasteiger partial charge on any atom is -0.497 e. The van der Waals surface area contributed by atoms with E-state index in [0.29, 0.717) is 23.5 Å². The maximum atomic E-state index is 14.1. The number of nitrogens with zero attached hydrogens (tertiary/aromatic N) is 1. The second-order valence-electron chi connectivity index (χ2n) is 11.3. The number of para-hydroxylation sites is 1. The fourth-order valence-corrected chi connectivity index (χ4v) is 6.51. The summed E-state index contributed by atoms with van der Waals surface area (Å²) in [4.78, 5) is 29.9. The lowest BCUT2D eigenvalue weighted by Gasteiger charge is -2.32. The zero-order valence-electron chi connectivity index (χ0n) is 26.0. The molecule has 1 aliphatic rings. The van der Waals surface area contributed by atoms with Crippen molar-refractivity contribution in [1.82, 2.24) is 14.9 Å². The summed E-state index contributed by atoms with van der Waals surface area (Å²) in [6.45, 7) is 0.413. The van der Waals surface area contributed by atoms with Crippen molar-refractivity contribution in [3.8, 4) is 11.5 Å². The lowest BCUT2D eigenvalue weighted by atomic mass is 10.0. The lowest BCUT2D eigenvalue weighted by molar-refractivity contribution is -0.141. The van der Waals surface area contributed by atoms with Gasteiger partial charge in [-0.25, -0.2) is 13.1 Å². The Morgan fingerprint density at radius 2 is 1.48 bits per heavy atom. The first-order valence-corrected chi connectivity index (χ1v) is 16.7. The topological polar surface area (TPSA) is 114 Å². The molecule has 0 spiro atoms.